The van der Waals surface area contributed by atoms with E-state index in [1.165, 1.54) is 51.4 Å². The van der Waals surface area contributed by atoms with E-state index in [1.807, 2.05) is 7.77 Å². The summed E-state index contributed by atoms with van der Waals surface area (Å²) >= 11 is 0.138. The van der Waals surface area contributed by atoms with Crippen LogP contribution in [0.5, 0.6) is 0 Å². The van der Waals surface area contributed by atoms with Crippen LogP contribution in [-0.4, -0.2) is 18.4 Å². The fraction of sp³-hybridized carbons (Fsp3) is 0.826. The Morgan fingerprint density at radius 2 is 1.56 bits per heavy atom. The molecule has 1 heterocycles. The van der Waals surface area contributed by atoms with Gasteiger partial charge in [0.25, 0.3) is 0 Å². The summed E-state index contributed by atoms with van der Waals surface area (Å²) in [6.07, 6.45) is 11.5. The molecule has 0 unspecified atom stereocenters. The molecule has 0 aliphatic heterocycles. The van der Waals surface area contributed by atoms with E-state index in [-0.39, 0.29) is 0 Å². The number of unbranched alkanes of at least 4 members (excludes halogenated alkanes) is 3. The van der Waals surface area contributed by atoms with Gasteiger partial charge >= 0.3 is 166 Å². The molecular formula is C23H40SSn. The minimum atomic E-state index is -2.20. The predicted octanol–water partition coefficient (Wildman–Crippen LogP) is 7.49. The van der Waals surface area contributed by atoms with E-state index in [1.54, 1.807) is 18.9 Å². The number of rotatable bonds is 10. The summed E-state index contributed by atoms with van der Waals surface area (Å²) < 4.78 is 6.87. The fourth-order valence-corrected chi connectivity index (χ4v) is 26.3. The van der Waals surface area contributed by atoms with Crippen molar-refractivity contribution in [1.82, 2.24) is 0 Å². The molecule has 0 radical (unpaired) electrons. The Morgan fingerprint density at radius 3 is 2.04 bits per heavy atom. The zero-order valence-corrected chi connectivity index (χ0v) is 21.1. The van der Waals surface area contributed by atoms with E-state index in [4.69, 9.17) is 0 Å². The zero-order valence-electron chi connectivity index (χ0n) is 17.4. The molecule has 0 aromatic carbocycles. The number of hydrogen-bond acceptors (Lipinski definition) is 1. The molecule has 0 saturated heterocycles. The molecule has 1 saturated carbocycles. The summed E-state index contributed by atoms with van der Waals surface area (Å²) in [6, 6.07) is 2.78. The average molecular weight is 467 g/mol. The van der Waals surface area contributed by atoms with E-state index in [2.05, 4.69) is 52.0 Å². The summed E-state index contributed by atoms with van der Waals surface area (Å²) in [5.74, 6) is 1.87. The van der Waals surface area contributed by atoms with Gasteiger partial charge in [0, 0.05) is 0 Å². The molecule has 1 fully saturated rings. The molecule has 3 aliphatic carbocycles. The third-order valence-electron chi connectivity index (χ3n) is 7.64. The Balaban J connectivity index is 1.92. The van der Waals surface area contributed by atoms with Crippen LogP contribution in [0.1, 0.15) is 95.9 Å². The van der Waals surface area contributed by atoms with Crippen LogP contribution in [0.4, 0.5) is 0 Å². The second kappa shape index (κ2) is 8.25. The molecule has 3 aliphatic rings. The Morgan fingerprint density at radius 1 is 1.00 bits per heavy atom. The van der Waals surface area contributed by atoms with Crippen LogP contribution in [0.2, 0.25) is 13.3 Å². The monoisotopic (exact) mass is 468 g/mol. The quantitative estimate of drug-likeness (QED) is 0.313. The van der Waals surface area contributed by atoms with Crippen LogP contribution >= 0.6 is 11.3 Å². The van der Waals surface area contributed by atoms with Crippen molar-refractivity contribution in [3.63, 3.8) is 0 Å². The van der Waals surface area contributed by atoms with E-state index < -0.39 is 18.4 Å². The zero-order chi connectivity index (χ0) is 18.1. The van der Waals surface area contributed by atoms with Gasteiger partial charge < -0.3 is 0 Å². The molecule has 2 heteroatoms. The third-order valence-corrected chi connectivity index (χ3v) is 27.1. The van der Waals surface area contributed by atoms with E-state index >= 15 is 0 Å². The summed E-state index contributed by atoms with van der Waals surface area (Å²) in [5, 5.41) is 0. The van der Waals surface area contributed by atoms with Crippen molar-refractivity contribution in [1.29, 1.82) is 0 Å². The Bertz CT molecular complexity index is 549. The predicted molar refractivity (Wildman–Crippen MR) is 117 cm³/mol. The number of thiophene rings is 1. The molecule has 0 N–H and O–H groups in total. The molecule has 1 aromatic rings. The standard InChI is InChI=1S/C11H13S.3C4H9.Sn/c1-11(2)8-5-7-3-4-12-10(7)9(11)6-8;3*1-3-4-2;/h3,8-9H,5-6H2,1-2H3;3*1,3-4H2,2H3;/t8-,9-;;;;/m0..../s1. The van der Waals surface area contributed by atoms with E-state index in [0.717, 1.165) is 11.8 Å². The second-order valence-electron chi connectivity index (χ2n) is 9.60. The molecule has 2 atom stereocenters. The maximum absolute atomic E-state index is 2.78. The van der Waals surface area contributed by atoms with Gasteiger partial charge in [0.1, 0.15) is 0 Å². The van der Waals surface area contributed by atoms with Gasteiger partial charge in [-0.05, 0) is 0 Å². The minimum absolute atomic E-state index is 0.587. The van der Waals surface area contributed by atoms with Gasteiger partial charge in [-0.1, -0.05) is 0 Å². The van der Waals surface area contributed by atoms with Crippen molar-refractivity contribution in [2.24, 2.45) is 11.3 Å². The normalized spacial score (nSPS) is 24.0. The Hall–Kier alpha value is 0.499. The SMILES string of the molecule is CCC[CH2][Sn]([CH2]CCC)([CH2]CCC)[c]1cc2c(s1)[C@@H]1C[C@H](C2)C1(C)C. The van der Waals surface area contributed by atoms with Gasteiger partial charge in [-0.15, -0.1) is 0 Å². The van der Waals surface area contributed by atoms with Crippen molar-refractivity contribution in [2.45, 2.75) is 105 Å². The van der Waals surface area contributed by atoms with Crippen LogP contribution in [0.25, 0.3) is 0 Å². The van der Waals surface area contributed by atoms with Gasteiger partial charge in [0.2, 0.25) is 0 Å². The summed E-state index contributed by atoms with van der Waals surface area (Å²) in [7, 11) is 0. The van der Waals surface area contributed by atoms with Crippen LogP contribution in [0.3, 0.4) is 0 Å². The van der Waals surface area contributed by atoms with Gasteiger partial charge in [-0.25, -0.2) is 0 Å². The molecule has 4 rings (SSSR count). The first-order valence-electron chi connectivity index (χ1n) is 11.1. The van der Waals surface area contributed by atoms with Gasteiger partial charge in [-0.3, -0.25) is 0 Å². The average Bonchev–Trinajstić information content (AvgIpc) is 3.05. The van der Waals surface area contributed by atoms with Crippen molar-refractivity contribution >= 4 is 32.6 Å². The molecule has 25 heavy (non-hydrogen) atoms. The Kier molecular flexibility index (Phi) is 6.68. The summed E-state index contributed by atoms with van der Waals surface area (Å²) in [4.78, 5) is 1.84. The molecule has 0 spiro atoms. The van der Waals surface area contributed by atoms with Gasteiger partial charge in [-0.2, -0.15) is 0 Å². The first-order valence-corrected chi connectivity index (χ1v) is 19.4. The van der Waals surface area contributed by atoms with Crippen LogP contribution in [-0.2, 0) is 6.42 Å². The summed E-state index contributed by atoms with van der Waals surface area (Å²) in [5.41, 5.74) is 2.38. The molecular weight excluding hydrogens is 427 g/mol. The van der Waals surface area contributed by atoms with E-state index in [0.29, 0.717) is 5.41 Å². The topological polar surface area (TPSA) is 0 Å². The van der Waals surface area contributed by atoms with Crippen molar-refractivity contribution in [2.75, 3.05) is 0 Å². The molecule has 1 aromatic heterocycles. The van der Waals surface area contributed by atoms with Crippen molar-refractivity contribution < 1.29 is 0 Å². The first-order chi connectivity index (χ1) is 12.0. The van der Waals surface area contributed by atoms with E-state index in [9.17, 15) is 0 Å². The third kappa shape index (κ3) is 3.75. The molecule has 142 valence electrons. The fourth-order valence-electron chi connectivity index (χ4n) is 5.52. The maximum atomic E-state index is 2.78. The number of hydrogen-bond donors (Lipinski definition) is 0. The van der Waals surface area contributed by atoms with Crippen LogP contribution in [0.15, 0.2) is 6.07 Å². The van der Waals surface area contributed by atoms with Crippen molar-refractivity contribution in [3.8, 4) is 0 Å². The van der Waals surface area contributed by atoms with Gasteiger partial charge in [0.05, 0.1) is 0 Å². The van der Waals surface area contributed by atoms with Crippen LogP contribution in [0, 0.1) is 11.3 Å². The van der Waals surface area contributed by atoms with Gasteiger partial charge in [0.15, 0.2) is 0 Å². The summed E-state index contributed by atoms with van der Waals surface area (Å²) in [6.45, 7) is 12.3. The molecule has 2 bridgehead atoms. The molecule has 0 nitrogen and oxygen atoms in total. The molecule has 0 amide bonds. The Labute approximate surface area is 165 Å². The van der Waals surface area contributed by atoms with Crippen molar-refractivity contribution in [3.05, 3.63) is 16.5 Å². The first kappa shape index (κ1) is 20.2. The second-order valence-corrected chi connectivity index (χ2v) is 24.8. The van der Waals surface area contributed by atoms with Crippen LogP contribution < -0.4 is 2.89 Å².